The van der Waals surface area contributed by atoms with Gasteiger partial charge in [0.05, 0.1) is 6.61 Å². The summed E-state index contributed by atoms with van der Waals surface area (Å²) in [4.78, 5) is 15.6. The van der Waals surface area contributed by atoms with E-state index < -0.39 is 0 Å². The normalized spacial score (nSPS) is 14.2. The molecule has 5 heteroatoms. The first kappa shape index (κ1) is 13.0. The lowest BCUT2D eigenvalue weighted by Gasteiger charge is -2.21. The molecule has 0 bridgehead atoms. The van der Waals surface area contributed by atoms with Gasteiger partial charge < -0.3 is 10.4 Å². The van der Waals surface area contributed by atoms with Crippen LogP contribution in [0.25, 0.3) is 0 Å². The van der Waals surface area contributed by atoms with E-state index >= 15 is 0 Å². The smallest absolute Gasteiger partial charge is 0.251 e. The highest BCUT2D eigenvalue weighted by Crippen LogP contribution is 2.10. The molecule has 2 N–H and O–H groups in total. The number of nitrogens with zero attached hydrogens (tertiary/aromatic N) is 1. The zero-order valence-electron chi connectivity index (χ0n) is 9.38. The molecule has 1 aromatic heterocycles. The van der Waals surface area contributed by atoms with Gasteiger partial charge in [0.2, 0.25) is 0 Å². The number of amides is 1. The second kappa shape index (κ2) is 6.50. The standard InChI is InChI=1S/C11H16N2O2S/c1-8(10(7-14)16-2)13-11(15)9-3-5-12-6-4-9/h3-6,8,10,14H,7H2,1-2H3,(H,13,15). The van der Waals surface area contributed by atoms with Gasteiger partial charge in [-0.15, -0.1) is 0 Å². The van der Waals surface area contributed by atoms with Gasteiger partial charge in [0.25, 0.3) is 5.91 Å². The van der Waals surface area contributed by atoms with E-state index in [0.717, 1.165) is 0 Å². The van der Waals surface area contributed by atoms with Crippen LogP contribution in [0.3, 0.4) is 0 Å². The maximum absolute atomic E-state index is 11.8. The van der Waals surface area contributed by atoms with Gasteiger partial charge in [0, 0.05) is 29.2 Å². The fourth-order valence-electron chi connectivity index (χ4n) is 1.32. The van der Waals surface area contributed by atoms with E-state index in [9.17, 15) is 4.79 Å². The van der Waals surface area contributed by atoms with Crippen LogP contribution in [0.15, 0.2) is 24.5 Å². The minimum atomic E-state index is -0.137. The highest BCUT2D eigenvalue weighted by molar-refractivity contribution is 7.99. The number of carbonyl (C=O) groups excluding carboxylic acids is 1. The fourth-order valence-corrected chi connectivity index (χ4v) is 1.95. The summed E-state index contributed by atoms with van der Waals surface area (Å²) in [6.45, 7) is 1.94. The largest absolute Gasteiger partial charge is 0.395 e. The van der Waals surface area contributed by atoms with Crippen LogP contribution in [0.2, 0.25) is 0 Å². The van der Waals surface area contributed by atoms with E-state index in [2.05, 4.69) is 10.3 Å². The second-order valence-corrected chi connectivity index (χ2v) is 4.53. The van der Waals surface area contributed by atoms with Crippen molar-refractivity contribution in [1.29, 1.82) is 0 Å². The molecule has 1 rings (SSSR count). The molecule has 0 saturated carbocycles. The fraction of sp³-hybridized carbons (Fsp3) is 0.455. The summed E-state index contributed by atoms with van der Waals surface area (Å²) in [5.41, 5.74) is 0.583. The number of aliphatic hydroxyl groups is 1. The average Bonchev–Trinajstić information content (AvgIpc) is 2.31. The molecule has 16 heavy (non-hydrogen) atoms. The predicted molar refractivity (Wildman–Crippen MR) is 65.6 cm³/mol. The Balaban J connectivity index is 2.58. The molecule has 0 fully saturated rings. The molecule has 0 radical (unpaired) electrons. The number of carbonyl (C=O) groups is 1. The first-order valence-corrected chi connectivity index (χ1v) is 6.32. The Morgan fingerprint density at radius 3 is 2.69 bits per heavy atom. The van der Waals surface area contributed by atoms with Crippen LogP contribution in [0.5, 0.6) is 0 Å². The molecule has 4 nitrogen and oxygen atoms in total. The third kappa shape index (κ3) is 3.50. The maximum Gasteiger partial charge on any atom is 0.251 e. The number of nitrogens with one attached hydrogen (secondary N) is 1. The number of aromatic nitrogens is 1. The minimum absolute atomic E-state index is 0.0192. The van der Waals surface area contributed by atoms with Gasteiger partial charge in [-0.05, 0) is 25.3 Å². The summed E-state index contributed by atoms with van der Waals surface area (Å²) in [7, 11) is 0. The lowest BCUT2D eigenvalue weighted by atomic mass is 10.2. The van der Waals surface area contributed by atoms with Crippen LogP contribution in [0, 0.1) is 0 Å². The summed E-state index contributed by atoms with van der Waals surface area (Å²) in [5, 5.41) is 12.0. The van der Waals surface area contributed by atoms with Gasteiger partial charge >= 0.3 is 0 Å². The van der Waals surface area contributed by atoms with E-state index in [1.807, 2.05) is 13.2 Å². The van der Waals surface area contributed by atoms with Gasteiger partial charge in [-0.2, -0.15) is 11.8 Å². The minimum Gasteiger partial charge on any atom is -0.395 e. The first-order chi connectivity index (χ1) is 7.69. The molecule has 0 aliphatic heterocycles. The van der Waals surface area contributed by atoms with Crippen LogP contribution in [0.4, 0.5) is 0 Å². The number of aliphatic hydroxyl groups excluding tert-OH is 1. The monoisotopic (exact) mass is 240 g/mol. The molecule has 2 unspecified atom stereocenters. The SMILES string of the molecule is CSC(CO)C(C)NC(=O)c1ccncc1. The molecule has 0 aliphatic rings. The van der Waals surface area contributed by atoms with Crippen molar-refractivity contribution in [3.8, 4) is 0 Å². The molecule has 1 amide bonds. The Morgan fingerprint density at radius 2 is 2.19 bits per heavy atom. The van der Waals surface area contributed by atoms with E-state index in [1.54, 1.807) is 24.5 Å². The van der Waals surface area contributed by atoms with Crippen LogP contribution in [0.1, 0.15) is 17.3 Å². The van der Waals surface area contributed by atoms with Crippen molar-refractivity contribution in [2.45, 2.75) is 18.2 Å². The molecule has 0 saturated heterocycles. The third-order valence-corrected chi connectivity index (χ3v) is 3.50. The van der Waals surface area contributed by atoms with Crippen molar-refractivity contribution >= 4 is 17.7 Å². The quantitative estimate of drug-likeness (QED) is 0.803. The van der Waals surface area contributed by atoms with Crippen molar-refractivity contribution in [2.24, 2.45) is 0 Å². The molecule has 1 aromatic rings. The molecular formula is C11H16N2O2S. The molecule has 0 aromatic carbocycles. The molecule has 2 atom stereocenters. The molecule has 0 aliphatic carbocycles. The maximum atomic E-state index is 11.8. The van der Waals surface area contributed by atoms with Crippen LogP contribution >= 0.6 is 11.8 Å². The predicted octanol–water partition coefficient (Wildman–Crippen LogP) is 0.924. The van der Waals surface area contributed by atoms with E-state index in [-0.39, 0.29) is 23.8 Å². The van der Waals surface area contributed by atoms with E-state index in [0.29, 0.717) is 5.56 Å². The Hall–Kier alpha value is -1.07. The Labute approximate surface area is 99.5 Å². The number of hydrogen-bond acceptors (Lipinski definition) is 4. The van der Waals surface area contributed by atoms with Crippen LogP contribution in [-0.2, 0) is 0 Å². The van der Waals surface area contributed by atoms with Gasteiger partial charge in [0.1, 0.15) is 0 Å². The van der Waals surface area contributed by atoms with Crippen molar-refractivity contribution in [3.05, 3.63) is 30.1 Å². The van der Waals surface area contributed by atoms with Gasteiger partial charge in [0.15, 0.2) is 0 Å². The van der Waals surface area contributed by atoms with E-state index in [1.165, 1.54) is 11.8 Å². The lowest BCUT2D eigenvalue weighted by molar-refractivity contribution is 0.0936. The first-order valence-electron chi connectivity index (χ1n) is 5.03. The lowest BCUT2D eigenvalue weighted by Crippen LogP contribution is -2.41. The van der Waals surface area contributed by atoms with E-state index in [4.69, 9.17) is 5.11 Å². The Morgan fingerprint density at radius 1 is 1.56 bits per heavy atom. The van der Waals surface area contributed by atoms with Crippen molar-refractivity contribution in [3.63, 3.8) is 0 Å². The average molecular weight is 240 g/mol. The number of rotatable bonds is 5. The van der Waals surface area contributed by atoms with Gasteiger partial charge in [-0.3, -0.25) is 9.78 Å². The zero-order valence-corrected chi connectivity index (χ0v) is 10.2. The zero-order chi connectivity index (χ0) is 12.0. The summed E-state index contributed by atoms with van der Waals surface area (Å²) in [6, 6.07) is 3.25. The topological polar surface area (TPSA) is 62.2 Å². The summed E-state index contributed by atoms with van der Waals surface area (Å²) in [5.74, 6) is -0.137. The van der Waals surface area contributed by atoms with Crippen molar-refractivity contribution < 1.29 is 9.90 Å². The summed E-state index contributed by atoms with van der Waals surface area (Å²) in [6.07, 6.45) is 5.07. The Kier molecular flexibility index (Phi) is 5.28. The van der Waals surface area contributed by atoms with Gasteiger partial charge in [-0.25, -0.2) is 0 Å². The molecule has 0 spiro atoms. The van der Waals surface area contributed by atoms with Crippen molar-refractivity contribution in [1.82, 2.24) is 10.3 Å². The summed E-state index contributed by atoms with van der Waals surface area (Å²) < 4.78 is 0. The number of hydrogen-bond donors (Lipinski definition) is 2. The van der Waals surface area contributed by atoms with Crippen molar-refractivity contribution in [2.75, 3.05) is 12.9 Å². The van der Waals surface area contributed by atoms with Gasteiger partial charge in [-0.1, -0.05) is 0 Å². The highest BCUT2D eigenvalue weighted by Gasteiger charge is 2.17. The third-order valence-electron chi connectivity index (χ3n) is 2.34. The molecule has 88 valence electrons. The molecular weight excluding hydrogens is 224 g/mol. The Bertz CT molecular complexity index is 328. The molecule has 1 heterocycles. The van der Waals surface area contributed by atoms with Crippen LogP contribution < -0.4 is 5.32 Å². The number of thioether (sulfide) groups is 1. The van der Waals surface area contributed by atoms with Crippen LogP contribution in [-0.4, -0.2) is 40.2 Å². The summed E-state index contributed by atoms with van der Waals surface area (Å²) >= 11 is 1.54. The second-order valence-electron chi connectivity index (χ2n) is 3.45. The number of pyridine rings is 1. The highest BCUT2D eigenvalue weighted by atomic mass is 32.2.